The molecule has 3 nitrogen and oxygen atoms in total. The standard InChI is InChI=1S/C21H18N2OS/c1-14-8-9-18-16(10-14)11-17-12-19(25-20(17)22-18)21(24)23(2)13-15-6-4-3-5-7-15/h3-12H,13H2,1-2H3. The SMILES string of the molecule is Cc1ccc2nc3sc(C(=O)N(C)Cc4ccccc4)cc3cc2c1. The van der Waals surface area contributed by atoms with E-state index < -0.39 is 0 Å². The van der Waals surface area contributed by atoms with E-state index in [9.17, 15) is 4.79 Å². The molecule has 0 spiro atoms. The summed E-state index contributed by atoms with van der Waals surface area (Å²) in [5.74, 6) is 0.0343. The molecule has 0 saturated heterocycles. The normalized spacial score (nSPS) is 11.1. The van der Waals surface area contributed by atoms with Crippen molar-refractivity contribution in [3.63, 3.8) is 0 Å². The predicted octanol–water partition coefficient (Wildman–Crippen LogP) is 5.03. The van der Waals surface area contributed by atoms with Gasteiger partial charge in [-0.3, -0.25) is 4.79 Å². The minimum absolute atomic E-state index is 0.0343. The quantitative estimate of drug-likeness (QED) is 0.521. The van der Waals surface area contributed by atoms with Crippen molar-refractivity contribution in [2.24, 2.45) is 0 Å². The van der Waals surface area contributed by atoms with E-state index in [1.54, 1.807) is 4.90 Å². The molecule has 0 fully saturated rings. The average Bonchev–Trinajstić information content (AvgIpc) is 3.02. The number of carbonyl (C=O) groups excluding carboxylic acids is 1. The second-order valence-corrected chi connectivity index (χ2v) is 7.37. The predicted molar refractivity (Wildman–Crippen MR) is 104 cm³/mol. The number of aromatic nitrogens is 1. The van der Waals surface area contributed by atoms with E-state index in [0.29, 0.717) is 6.54 Å². The van der Waals surface area contributed by atoms with Gasteiger partial charge in [-0.15, -0.1) is 11.3 Å². The maximum atomic E-state index is 12.8. The highest BCUT2D eigenvalue weighted by atomic mass is 32.1. The van der Waals surface area contributed by atoms with Crippen LogP contribution >= 0.6 is 11.3 Å². The summed E-state index contributed by atoms with van der Waals surface area (Å²) in [4.78, 5) is 20.9. The van der Waals surface area contributed by atoms with Gasteiger partial charge in [0.1, 0.15) is 4.83 Å². The van der Waals surface area contributed by atoms with Crippen LogP contribution in [0.25, 0.3) is 21.1 Å². The maximum absolute atomic E-state index is 12.8. The molecular formula is C21H18N2OS. The first-order valence-electron chi connectivity index (χ1n) is 8.20. The van der Waals surface area contributed by atoms with Crippen molar-refractivity contribution in [2.45, 2.75) is 13.5 Å². The van der Waals surface area contributed by atoms with Gasteiger partial charge in [0.05, 0.1) is 10.4 Å². The zero-order chi connectivity index (χ0) is 17.4. The number of nitrogens with zero attached hydrogens (tertiary/aromatic N) is 2. The van der Waals surface area contributed by atoms with Crippen molar-refractivity contribution in [1.82, 2.24) is 9.88 Å². The Bertz CT molecular complexity index is 1070. The van der Waals surface area contributed by atoms with Crippen LogP contribution in [-0.4, -0.2) is 22.8 Å². The molecule has 0 saturated carbocycles. The molecule has 4 heteroatoms. The Hall–Kier alpha value is -2.72. The summed E-state index contributed by atoms with van der Waals surface area (Å²) >= 11 is 1.46. The summed E-state index contributed by atoms with van der Waals surface area (Å²) in [7, 11) is 1.84. The Morgan fingerprint density at radius 1 is 1.04 bits per heavy atom. The number of thiophene rings is 1. The van der Waals surface area contributed by atoms with Crippen molar-refractivity contribution in [3.05, 3.63) is 76.7 Å². The van der Waals surface area contributed by atoms with E-state index >= 15 is 0 Å². The molecule has 0 atom stereocenters. The molecule has 0 bridgehead atoms. The molecule has 0 unspecified atom stereocenters. The van der Waals surface area contributed by atoms with Gasteiger partial charge < -0.3 is 4.90 Å². The van der Waals surface area contributed by atoms with Crippen LogP contribution in [-0.2, 0) is 6.54 Å². The average molecular weight is 346 g/mol. The Kier molecular flexibility index (Phi) is 3.98. The highest BCUT2D eigenvalue weighted by Gasteiger charge is 2.16. The molecule has 124 valence electrons. The molecule has 0 aliphatic rings. The van der Waals surface area contributed by atoms with E-state index in [1.807, 2.05) is 49.5 Å². The molecule has 4 aromatic rings. The number of benzene rings is 2. The van der Waals surface area contributed by atoms with E-state index in [0.717, 1.165) is 31.6 Å². The number of hydrogen-bond acceptors (Lipinski definition) is 3. The van der Waals surface area contributed by atoms with E-state index in [-0.39, 0.29) is 5.91 Å². The van der Waals surface area contributed by atoms with Gasteiger partial charge in [-0.1, -0.05) is 42.0 Å². The highest BCUT2D eigenvalue weighted by molar-refractivity contribution is 7.20. The Labute approximate surface area is 150 Å². The number of hydrogen-bond donors (Lipinski definition) is 0. The molecule has 0 aliphatic heterocycles. The molecule has 0 N–H and O–H groups in total. The van der Waals surface area contributed by atoms with Crippen LogP contribution in [0.4, 0.5) is 0 Å². The lowest BCUT2D eigenvalue weighted by molar-refractivity contribution is 0.0790. The largest absolute Gasteiger partial charge is 0.337 e. The monoisotopic (exact) mass is 346 g/mol. The minimum Gasteiger partial charge on any atom is -0.337 e. The zero-order valence-corrected chi connectivity index (χ0v) is 15.0. The topological polar surface area (TPSA) is 33.2 Å². The van der Waals surface area contributed by atoms with E-state index in [2.05, 4.69) is 25.1 Å². The second-order valence-electron chi connectivity index (χ2n) is 6.34. The van der Waals surface area contributed by atoms with Gasteiger partial charge in [0.15, 0.2) is 0 Å². The summed E-state index contributed by atoms with van der Waals surface area (Å²) in [6.07, 6.45) is 0. The van der Waals surface area contributed by atoms with Crippen molar-refractivity contribution in [1.29, 1.82) is 0 Å². The number of fused-ring (bicyclic) bond motifs is 2. The van der Waals surface area contributed by atoms with Crippen LogP contribution < -0.4 is 0 Å². The Morgan fingerprint density at radius 3 is 2.64 bits per heavy atom. The van der Waals surface area contributed by atoms with Crippen molar-refractivity contribution >= 4 is 38.4 Å². The van der Waals surface area contributed by atoms with Gasteiger partial charge in [0.25, 0.3) is 5.91 Å². The summed E-state index contributed by atoms with van der Waals surface area (Å²) in [5, 5.41) is 2.14. The molecule has 2 aromatic carbocycles. The third-order valence-corrected chi connectivity index (χ3v) is 5.31. The lowest BCUT2D eigenvalue weighted by atomic mass is 10.1. The first kappa shape index (κ1) is 15.8. The summed E-state index contributed by atoms with van der Waals surface area (Å²) in [6, 6.07) is 20.3. The van der Waals surface area contributed by atoms with E-state index in [4.69, 9.17) is 4.98 Å². The molecule has 1 amide bonds. The summed E-state index contributed by atoms with van der Waals surface area (Å²) in [5.41, 5.74) is 3.30. The number of rotatable bonds is 3. The van der Waals surface area contributed by atoms with Crippen LogP contribution in [0.5, 0.6) is 0 Å². The maximum Gasteiger partial charge on any atom is 0.264 e. The first-order valence-corrected chi connectivity index (χ1v) is 9.02. The Morgan fingerprint density at radius 2 is 1.84 bits per heavy atom. The van der Waals surface area contributed by atoms with Crippen LogP contribution in [0.1, 0.15) is 20.8 Å². The van der Waals surface area contributed by atoms with Gasteiger partial charge in [-0.25, -0.2) is 4.98 Å². The van der Waals surface area contributed by atoms with E-state index in [1.165, 1.54) is 16.9 Å². The van der Waals surface area contributed by atoms with Crippen molar-refractivity contribution < 1.29 is 4.79 Å². The highest BCUT2D eigenvalue weighted by Crippen LogP contribution is 2.28. The number of pyridine rings is 1. The van der Waals surface area contributed by atoms with Crippen LogP contribution in [0.15, 0.2) is 60.7 Å². The third-order valence-electron chi connectivity index (χ3n) is 4.28. The van der Waals surface area contributed by atoms with Gasteiger partial charge >= 0.3 is 0 Å². The summed E-state index contributed by atoms with van der Waals surface area (Å²) < 4.78 is 0. The number of amides is 1. The molecule has 0 aliphatic carbocycles. The van der Waals surface area contributed by atoms with Gasteiger partial charge in [-0.05, 0) is 36.8 Å². The number of aryl methyl sites for hydroxylation is 1. The van der Waals surface area contributed by atoms with Crippen LogP contribution in [0.3, 0.4) is 0 Å². The molecule has 2 heterocycles. The third kappa shape index (κ3) is 3.13. The lowest BCUT2D eigenvalue weighted by Gasteiger charge is -2.16. The fourth-order valence-electron chi connectivity index (χ4n) is 2.98. The smallest absolute Gasteiger partial charge is 0.264 e. The Balaban J connectivity index is 1.66. The van der Waals surface area contributed by atoms with Crippen LogP contribution in [0.2, 0.25) is 0 Å². The summed E-state index contributed by atoms with van der Waals surface area (Å²) in [6.45, 7) is 2.67. The molecule has 25 heavy (non-hydrogen) atoms. The fourth-order valence-corrected chi connectivity index (χ4v) is 3.99. The van der Waals surface area contributed by atoms with Gasteiger partial charge in [0.2, 0.25) is 0 Å². The molecular weight excluding hydrogens is 328 g/mol. The molecule has 2 aromatic heterocycles. The van der Waals surface area contributed by atoms with Crippen molar-refractivity contribution in [3.8, 4) is 0 Å². The van der Waals surface area contributed by atoms with Crippen LogP contribution in [0, 0.1) is 6.92 Å². The van der Waals surface area contributed by atoms with Crippen molar-refractivity contribution in [2.75, 3.05) is 7.05 Å². The minimum atomic E-state index is 0.0343. The fraction of sp³-hybridized carbons (Fsp3) is 0.143. The first-order chi connectivity index (χ1) is 12.1. The van der Waals surface area contributed by atoms with Gasteiger partial charge in [0, 0.05) is 24.4 Å². The number of carbonyl (C=O) groups is 1. The molecule has 4 rings (SSSR count). The van der Waals surface area contributed by atoms with Gasteiger partial charge in [-0.2, -0.15) is 0 Å². The second kappa shape index (κ2) is 6.30. The zero-order valence-electron chi connectivity index (χ0n) is 14.2. The molecule has 0 radical (unpaired) electrons. The lowest BCUT2D eigenvalue weighted by Crippen LogP contribution is -2.25.